The van der Waals surface area contributed by atoms with Crippen molar-refractivity contribution in [3.63, 3.8) is 0 Å². The van der Waals surface area contributed by atoms with Crippen LogP contribution in [0.2, 0.25) is 10.2 Å². The van der Waals surface area contributed by atoms with Gasteiger partial charge < -0.3 is 5.32 Å². The highest BCUT2D eigenvalue weighted by Gasteiger charge is 2.09. The van der Waals surface area contributed by atoms with E-state index in [-0.39, 0.29) is 5.69 Å². The van der Waals surface area contributed by atoms with Crippen molar-refractivity contribution in [1.82, 2.24) is 4.98 Å². The number of pyridine rings is 1. The summed E-state index contributed by atoms with van der Waals surface area (Å²) in [5, 5.41) is 14.8. The largest absolute Gasteiger partial charge is 0.380 e. The molecule has 0 saturated carbocycles. The van der Waals surface area contributed by atoms with Crippen LogP contribution in [-0.2, 0) is 6.54 Å². The molecule has 0 bridgehead atoms. The number of hydrogen-bond donors (Lipinski definition) is 1. The van der Waals surface area contributed by atoms with E-state index in [9.17, 15) is 10.1 Å². The fraction of sp³-hybridized carbons (Fsp3) is 0.154. The Morgan fingerprint density at radius 2 is 2.10 bits per heavy atom. The Bertz CT molecular complexity index is 662. The number of aromatic nitrogens is 1. The van der Waals surface area contributed by atoms with Crippen molar-refractivity contribution in [2.75, 3.05) is 5.32 Å². The first kappa shape index (κ1) is 14.6. The molecule has 0 saturated heterocycles. The second kappa shape index (κ2) is 6.07. The fourth-order valence-electron chi connectivity index (χ4n) is 1.66. The molecule has 1 N–H and O–H groups in total. The zero-order chi connectivity index (χ0) is 14.7. The quantitative estimate of drug-likeness (QED) is 0.521. The molecule has 0 spiro atoms. The summed E-state index contributed by atoms with van der Waals surface area (Å²) in [5.41, 5.74) is 2.28. The zero-order valence-corrected chi connectivity index (χ0v) is 12.1. The number of halogens is 2. The minimum absolute atomic E-state index is 0.0108. The number of nitro groups is 1. The van der Waals surface area contributed by atoms with Crippen molar-refractivity contribution in [2.24, 2.45) is 0 Å². The number of aryl methyl sites for hydroxylation is 1. The monoisotopic (exact) mass is 311 g/mol. The number of anilines is 1. The van der Waals surface area contributed by atoms with Gasteiger partial charge in [0.2, 0.25) is 0 Å². The third-order valence-electron chi connectivity index (χ3n) is 2.74. The van der Waals surface area contributed by atoms with Gasteiger partial charge in [0, 0.05) is 23.7 Å². The Morgan fingerprint density at radius 1 is 1.35 bits per heavy atom. The van der Waals surface area contributed by atoms with Crippen molar-refractivity contribution in [1.29, 1.82) is 0 Å². The molecule has 0 atom stereocenters. The number of hydrogen-bond acceptors (Lipinski definition) is 4. The first-order chi connectivity index (χ1) is 9.47. The summed E-state index contributed by atoms with van der Waals surface area (Å²) in [4.78, 5) is 14.3. The normalized spacial score (nSPS) is 10.3. The van der Waals surface area contributed by atoms with Crippen molar-refractivity contribution in [3.05, 3.63) is 61.9 Å². The first-order valence-electron chi connectivity index (χ1n) is 5.76. The molecule has 0 fully saturated rings. The zero-order valence-electron chi connectivity index (χ0n) is 10.6. The summed E-state index contributed by atoms with van der Waals surface area (Å²) in [7, 11) is 0. The van der Waals surface area contributed by atoms with Crippen LogP contribution in [0, 0.1) is 17.0 Å². The van der Waals surface area contributed by atoms with Gasteiger partial charge in [-0.1, -0.05) is 23.2 Å². The molecule has 0 aliphatic rings. The second-order valence-corrected chi connectivity index (χ2v) is 4.98. The third-order valence-corrected chi connectivity index (χ3v) is 3.50. The molecule has 0 aliphatic carbocycles. The molecule has 5 nitrogen and oxygen atoms in total. The standard InChI is InChI=1S/C13H11Cl2N3O2/c1-8-4-10(7-17-13(8)15)16-6-9-5-11(18(19)20)2-3-12(9)14/h2-5,7,16H,6H2,1H3. The minimum Gasteiger partial charge on any atom is -0.380 e. The van der Waals surface area contributed by atoms with Gasteiger partial charge in [0.1, 0.15) is 5.15 Å². The molecule has 0 radical (unpaired) electrons. The Labute approximate surface area is 125 Å². The molecule has 20 heavy (non-hydrogen) atoms. The lowest BCUT2D eigenvalue weighted by Crippen LogP contribution is -2.02. The predicted molar refractivity (Wildman–Crippen MR) is 79.4 cm³/mol. The highest BCUT2D eigenvalue weighted by atomic mass is 35.5. The van der Waals surface area contributed by atoms with Crippen LogP contribution in [0.25, 0.3) is 0 Å². The van der Waals surface area contributed by atoms with Gasteiger partial charge in [-0.3, -0.25) is 10.1 Å². The SMILES string of the molecule is Cc1cc(NCc2cc([N+](=O)[O-])ccc2Cl)cnc1Cl. The molecule has 104 valence electrons. The molecular formula is C13H11Cl2N3O2. The van der Waals surface area contributed by atoms with Gasteiger partial charge >= 0.3 is 0 Å². The van der Waals surface area contributed by atoms with Crippen LogP contribution < -0.4 is 5.32 Å². The van der Waals surface area contributed by atoms with Crippen LogP contribution in [0.1, 0.15) is 11.1 Å². The molecule has 1 heterocycles. The third kappa shape index (κ3) is 3.37. The van der Waals surface area contributed by atoms with Crippen molar-refractivity contribution in [3.8, 4) is 0 Å². The van der Waals surface area contributed by atoms with E-state index in [1.807, 2.05) is 13.0 Å². The summed E-state index contributed by atoms with van der Waals surface area (Å²) in [5.74, 6) is 0. The van der Waals surface area contributed by atoms with Gasteiger partial charge in [-0.2, -0.15) is 0 Å². The lowest BCUT2D eigenvalue weighted by atomic mass is 10.2. The summed E-state index contributed by atoms with van der Waals surface area (Å²) in [6.45, 7) is 2.21. The van der Waals surface area contributed by atoms with E-state index in [0.29, 0.717) is 22.3 Å². The summed E-state index contributed by atoms with van der Waals surface area (Å²) >= 11 is 11.9. The van der Waals surface area contributed by atoms with Gasteiger partial charge in [0.15, 0.2) is 0 Å². The lowest BCUT2D eigenvalue weighted by molar-refractivity contribution is -0.384. The van der Waals surface area contributed by atoms with Crippen molar-refractivity contribution >= 4 is 34.6 Å². The van der Waals surface area contributed by atoms with Gasteiger partial charge in [-0.25, -0.2) is 4.98 Å². The van der Waals surface area contributed by atoms with Crippen LogP contribution in [0.5, 0.6) is 0 Å². The van der Waals surface area contributed by atoms with Gasteiger partial charge in [-0.05, 0) is 30.2 Å². The van der Waals surface area contributed by atoms with Crippen LogP contribution in [0.4, 0.5) is 11.4 Å². The van der Waals surface area contributed by atoms with Crippen LogP contribution >= 0.6 is 23.2 Å². The average Bonchev–Trinajstić information content (AvgIpc) is 2.41. The molecule has 0 amide bonds. The summed E-state index contributed by atoms with van der Waals surface area (Å²) in [6, 6.07) is 6.19. The van der Waals surface area contributed by atoms with Crippen LogP contribution in [0.15, 0.2) is 30.5 Å². The van der Waals surface area contributed by atoms with E-state index in [4.69, 9.17) is 23.2 Å². The topological polar surface area (TPSA) is 68.1 Å². The highest BCUT2D eigenvalue weighted by Crippen LogP contribution is 2.23. The number of non-ortho nitro benzene ring substituents is 1. The smallest absolute Gasteiger partial charge is 0.269 e. The first-order valence-corrected chi connectivity index (χ1v) is 6.52. The number of nitrogens with zero attached hydrogens (tertiary/aromatic N) is 2. The number of rotatable bonds is 4. The Kier molecular flexibility index (Phi) is 4.42. The Morgan fingerprint density at radius 3 is 2.75 bits per heavy atom. The summed E-state index contributed by atoms with van der Waals surface area (Å²) in [6.07, 6.45) is 1.60. The van der Waals surface area contributed by atoms with E-state index in [1.54, 1.807) is 6.20 Å². The predicted octanol–water partition coefficient (Wildman–Crippen LogP) is 4.22. The number of nitrogens with one attached hydrogen (secondary N) is 1. The van der Waals surface area contributed by atoms with Crippen LogP contribution in [-0.4, -0.2) is 9.91 Å². The molecule has 2 rings (SSSR count). The number of benzene rings is 1. The van der Waals surface area contributed by atoms with Crippen molar-refractivity contribution < 1.29 is 4.92 Å². The van der Waals surface area contributed by atoms with Gasteiger partial charge in [0.05, 0.1) is 16.8 Å². The average molecular weight is 312 g/mol. The maximum atomic E-state index is 10.7. The molecular weight excluding hydrogens is 301 g/mol. The fourth-order valence-corrected chi connectivity index (χ4v) is 1.95. The van der Waals surface area contributed by atoms with E-state index in [1.165, 1.54) is 18.2 Å². The lowest BCUT2D eigenvalue weighted by Gasteiger charge is -2.09. The number of nitro benzene ring substituents is 1. The second-order valence-electron chi connectivity index (χ2n) is 4.22. The molecule has 0 unspecified atom stereocenters. The van der Waals surface area contributed by atoms with Gasteiger partial charge in [0.25, 0.3) is 5.69 Å². The van der Waals surface area contributed by atoms with E-state index >= 15 is 0 Å². The molecule has 7 heteroatoms. The maximum Gasteiger partial charge on any atom is 0.269 e. The van der Waals surface area contributed by atoms with E-state index < -0.39 is 4.92 Å². The Balaban J connectivity index is 2.15. The van der Waals surface area contributed by atoms with Crippen molar-refractivity contribution in [2.45, 2.75) is 13.5 Å². The molecule has 2 aromatic rings. The maximum absolute atomic E-state index is 10.7. The van der Waals surface area contributed by atoms with Gasteiger partial charge in [-0.15, -0.1) is 0 Å². The van der Waals surface area contributed by atoms with E-state index in [2.05, 4.69) is 10.3 Å². The molecule has 1 aromatic heterocycles. The molecule has 1 aromatic carbocycles. The Hall–Kier alpha value is -1.85. The summed E-state index contributed by atoms with van der Waals surface area (Å²) < 4.78 is 0. The molecule has 0 aliphatic heterocycles. The highest BCUT2D eigenvalue weighted by molar-refractivity contribution is 6.31. The van der Waals surface area contributed by atoms with Crippen LogP contribution in [0.3, 0.4) is 0 Å². The van der Waals surface area contributed by atoms with E-state index in [0.717, 1.165) is 11.3 Å². The minimum atomic E-state index is -0.451.